The van der Waals surface area contributed by atoms with Gasteiger partial charge < -0.3 is 50.5 Å². The van der Waals surface area contributed by atoms with Gasteiger partial charge in [0.2, 0.25) is 0 Å². The van der Waals surface area contributed by atoms with Crippen LogP contribution in [0.1, 0.15) is 70.6 Å². The molecule has 8 N–H and O–H groups in total. The van der Waals surface area contributed by atoms with Gasteiger partial charge in [0.1, 0.15) is 36.3 Å². The molecule has 2 fully saturated rings. The first kappa shape index (κ1) is 30.5. The average Bonchev–Trinajstić information content (AvgIpc) is 3.15. The molecule has 2 saturated heterocycles. The third-order valence-corrected chi connectivity index (χ3v) is 6.99. The molecule has 2 aliphatic heterocycles. The molecule has 11 heteroatoms. The number of ether oxygens (including phenoxy) is 2. The molecule has 0 aliphatic carbocycles. The molecule has 2 rings (SSSR count). The smallest absolute Gasteiger partial charge is 0.187 e. The summed E-state index contributed by atoms with van der Waals surface area (Å²) < 4.78 is 11.2. The second kappa shape index (κ2) is 16.2. The Kier molecular flexibility index (Phi) is 14.1. The highest BCUT2D eigenvalue weighted by molar-refractivity contribution is 5.78. The van der Waals surface area contributed by atoms with E-state index in [1.54, 1.807) is 0 Å². The molecule has 206 valence electrons. The number of carbonyl (C=O) groups is 1. The molecule has 0 aromatic carbocycles. The highest BCUT2D eigenvalue weighted by atomic mass is 16.7. The van der Waals surface area contributed by atoms with Crippen LogP contribution >= 0.6 is 0 Å². The van der Waals surface area contributed by atoms with Gasteiger partial charge in [-0.2, -0.15) is 0 Å². The Bertz CT molecular complexity index is 595. The third-order valence-electron chi connectivity index (χ3n) is 6.99. The molecule has 0 aromatic heterocycles. The Morgan fingerprint density at radius 1 is 0.714 bits per heavy atom. The van der Waals surface area contributed by atoms with Crippen LogP contribution in [0.2, 0.25) is 0 Å². The fraction of sp³-hybridized carbons (Fsp3) is 0.958. The van der Waals surface area contributed by atoms with Crippen LogP contribution in [0.4, 0.5) is 0 Å². The van der Waals surface area contributed by atoms with Crippen molar-refractivity contribution >= 4 is 5.78 Å². The maximum atomic E-state index is 11.7. The van der Waals surface area contributed by atoms with Crippen molar-refractivity contribution in [1.29, 1.82) is 0 Å². The number of rotatable bonds is 17. The van der Waals surface area contributed by atoms with Crippen LogP contribution in [-0.4, -0.2) is 116 Å². The zero-order chi connectivity index (χ0) is 25.8. The maximum Gasteiger partial charge on any atom is 0.187 e. The molecule has 0 aromatic rings. The van der Waals surface area contributed by atoms with Crippen LogP contribution in [0.3, 0.4) is 0 Å². The summed E-state index contributed by atoms with van der Waals surface area (Å²) >= 11 is 0. The molecule has 0 radical (unpaired) electrons. The summed E-state index contributed by atoms with van der Waals surface area (Å²) in [5.74, 6) is 0.258. The number of Topliss-reactive ketones (excluding diaryl/α,β-unsaturated/α-hetero) is 1. The lowest BCUT2D eigenvalue weighted by atomic mass is 9.98. The number of hydrogen-bond acceptors (Lipinski definition) is 11. The van der Waals surface area contributed by atoms with Crippen molar-refractivity contribution in [3.63, 3.8) is 0 Å². The van der Waals surface area contributed by atoms with Crippen molar-refractivity contribution in [2.45, 2.75) is 126 Å². The van der Waals surface area contributed by atoms with Crippen molar-refractivity contribution in [2.75, 3.05) is 19.8 Å². The summed E-state index contributed by atoms with van der Waals surface area (Å²) in [4.78, 5) is 11.7. The van der Waals surface area contributed by atoms with Crippen LogP contribution < -0.4 is 5.32 Å². The van der Waals surface area contributed by atoms with E-state index >= 15 is 0 Å². The number of unbranched alkanes of at least 4 members (excludes halogenated alkanes) is 6. The molecule has 9 atom stereocenters. The van der Waals surface area contributed by atoms with Crippen molar-refractivity contribution < 1.29 is 50.0 Å². The fourth-order valence-electron chi connectivity index (χ4n) is 4.81. The van der Waals surface area contributed by atoms with E-state index in [1.165, 1.54) is 0 Å². The molecule has 0 saturated carbocycles. The van der Waals surface area contributed by atoms with E-state index < -0.39 is 55.6 Å². The van der Waals surface area contributed by atoms with Gasteiger partial charge in [-0.15, -0.1) is 0 Å². The van der Waals surface area contributed by atoms with Gasteiger partial charge in [0, 0.05) is 25.5 Å². The van der Waals surface area contributed by atoms with Crippen LogP contribution in [0.15, 0.2) is 0 Å². The number of hydrogen-bond donors (Lipinski definition) is 8. The third kappa shape index (κ3) is 9.26. The normalized spacial score (nSPS) is 35.5. The van der Waals surface area contributed by atoms with Crippen LogP contribution in [-0.2, 0) is 14.3 Å². The zero-order valence-electron chi connectivity index (χ0n) is 20.5. The highest BCUT2D eigenvalue weighted by Crippen LogP contribution is 2.28. The van der Waals surface area contributed by atoms with E-state index in [-0.39, 0.29) is 25.0 Å². The first-order chi connectivity index (χ1) is 16.8. The van der Waals surface area contributed by atoms with Crippen molar-refractivity contribution in [3.05, 3.63) is 0 Å². The number of nitrogens with one attached hydrogen (secondary N) is 1. The summed E-state index contributed by atoms with van der Waals surface area (Å²) in [7, 11) is 0. The lowest BCUT2D eigenvalue weighted by Gasteiger charge is -2.41. The Morgan fingerprint density at radius 2 is 1.34 bits per heavy atom. The van der Waals surface area contributed by atoms with Gasteiger partial charge in [0.05, 0.1) is 25.4 Å². The lowest BCUT2D eigenvalue weighted by Crippen LogP contribution is -2.60. The van der Waals surface area contributed by atoms with Gasteiger partial charge in [0.25, 0.3) is 0 Å². The number of aliphatic hydroxyl groups excluding tert-OH is 7. The van der Waals surface area contributed by atoms with Gasteiger partial charge >= 0.3 is 0 Å². The average molecular weight is 508 g/mol. The van der Waals surface area contributed by atoms with Gasteiger partial charge in [-0.3, -0.25) is 4.79 Å². The summed E-state index contributed by atoms with van der Waals surface area (Å²) in [6.45, 7) is -0.744. The molecule has 0 amide bonds. The summed E-state index contributed by atoms with van der Waals surface area (Å²) in [6, 6.07) is -0.920. The van der Waals surface area contributed by atoms with E-state index in [9.17, 15) is 35.4 Å². The lowest BCUT2D eigenvalue weighted by molar-refractivity contribution is -0.316. The van der Waals surface area contributed by atoms with Gasteiger partial charge in [-0.05, 0) is 25.7 Å². The molecule has 2 aliphatic rings. The predicted octanol–water partition coefficient (Wildman–Crippen LogP) is -1.28. The summed E-state index contributed by atoms with van der Waals surface area (Å²) in [5.41, 5.74) is 0. The number of aliphatic hydroxyl groups is 7. The minimum absolute atomic E-state index is 0.129. The van der Waals surface area contributed by atoms with E-state index in [0.29, 0.717) is 25.7 Å². The minimum Gasteiger partial charge on any atom is -0.396 e. The van der Waals surface area contributed by atoms with E-state index in [2.05, 4.69) is 5.32 Å². The summed E-state index contributed by atoms with van der Waals surface area (Å²) in [5, 5.41) is 71.7. The second-order valence-electron chi connectivity index (χ2n) is 9.73. The standard InChI is InChI=1S/C24H45NO10/c26-12-8-7-10-15(29)9-5-3-1-2-4-6-11-16-23(19(30)17(13-27)25-16)35-24-22(33)21(32)20(31)18(14-28)34-24/h16-28,30-33H,1-14H2. The summed E-state index contributed by atoms with van der Waals surface area (Å²) in [6.07, 6.45) is -0.0504. The molecule has 2 heterocycles. The van der Waals surface area contributed by atoms with Crippen molar-refractivity contribution in [3.8, 4) is 0 Å². The molecule has 35 heavy (non-hydrogen) atoms. The monoisotopic (exact) mass is 507 g/mol. The Morgan fingerprint density at radius 3 is 1.97 bits per heavy atom. The molecule has 9 unspecified atom stereocenters. The van der Waals surface area contributed by atoms with Gasteiger partial charge in [-0.1, -0.05) is 32.1 Å². The SMILES string of the molecule is O=C(CCCCO)CCCCCCCCC1NC(CO)C(O)C1OC1OC(CO)C(O)C(O)C1O. The molecule has 0 spiro atoms. The van der Waals surface area contributed by atoms with Gasteiger partial charge in [0.15, 0.2) is 6.29 Å². The molecule has 11 nitrogen and oxygen atoms in total. The molecular weight excluding hydrogens is 462 g/mol. The van der Waals surface area contributed by atoms with E-state index in [4.69, 9.17) is 14.6 Å². The number of carbonyl (C=O) groups excluding carboxylic acids is 1. The molecule has 0 bridgehead atoms. The van der Waals surface area contributed by atoms with Crippen molar-refractivity contribution in [2.24, 2.45) is 0 Å². The van der Waals surface area contributed by atoms with Crippen LogP contribution in [0, 0.1) is 0 Å². The second-order valence-corrected chi connectivity index (χ2v) is 9.73. The maximum absolute atomic E-state index is 11.7. The minimum atomic E-state index is -1.57. The van der Waals surface area contributed by atoms with Gasteiger partial charge in [-0.25, -0.2) is 0 Å². The topological polar surface area (TPSA) is 189 Å². The Hall–Kier alpha value is -0.730. The Labute approximate surface area is 207 Å². The molecular formula is C24H45NO10. The highest BCUT2D eigenvalue weighted by Gasteiger charge is 2.49. The van der Waals surface area contributed by atoms with Crippen LogP contribution in [0.25, 0.3) is 0 Å². The Balaban J connectivity index is 1.72. The predicted molar refractivity (Wildman–Crippen MR) is 125 cm³/mol. The van der Waals surface area contributed by atoms with E-state index in [1.807, 2.05) is 0 Å². The first-order valence-electron chi connectivity index (χ1n) is 13.0. The van der Waals surface area contributed by atoms with Crippen molar-refractivity contribution in [1.82, 2.24) is 5.32 Å². The van der Waals surface area contributed by atoms with E-state index in [0.717, 1.165) is 44.9 Å². The first-order valence-corrected chi connectivity index (χ1v) is 13.0. The fourth-order valence-corrected chi connectivity index (χ4v) is 4.81. The quantitative estimate of drug-likeness (QED) is 0.109. The largest absolute Gasteiger partial charge is 0.396 e. The number of ketones is 1. The van der Waals surface area contributed by atoms with Crippen LogP contribution in [0.5, 0.6) is 0 Å². The zero-order valence-corrected chi connectivity index (χ0v) is 20.5.